The van der Waals surface area contributed by atoms with Gasteiger partial charge >= 0.3 is 0 Å². The van der Waals surface area contributed by atoms with Gasteiger partial charge in [0.05, 0.1) is 11.7 Å². The van der Waals surface area contributed by atoms with Crippen molar-refractivity contribution >= 4 is 5.91 Å². The second-order valence-electron chi connectivity index (χ2n) is 6.50. The molecule has 132 valence electrons. The van der Waals surface area contributed by atoms with Gasteiger partial charge in [-0.25, -0.2) is 9.67 Å². The van der Waals surface area contributed by atoms with Gasteiger partial charge in [-0.05, 0) is 55.5 Å². The number of hydrogen-bond donors (Lipinski definition) is 2. The van der Waals surface area contributed by atoms with E-state index in [1.54, 1.807) is 17.1 Å². The molecule has 7 nitrogen and oxygen atoms in total. The maximum atomic E-state index is 12.5. The van der Waals surface area contributed by atoms with Crippen molar-refractivity contribution in [2.24, 2.45) is 0 Å². The Morgan fingerprint density at radius 1 is 1.27 bits per heavy atom. The van der Waals surface area contributed by atoms with Gasteiger partial charge < -0.3 is 10.3 Å². The average Bonchev–Trinajstić information content (AvgIpc) is 3.32. The first-order chi connectivity index (χ1) is 12.6. The molecule has 0 aliphatic heterocycles. The summed E-state index contributed by atoms with van der Waals surface area (Å²) in [5.74, 6) is -0.353. The maximum Gasteiger partial charge on any atom is 0.261 e. The SMILES string of the molecule is C[C@@H](NC(=O)c1cc2c([nH]c1=O)CCC2)c1ccc(-n2cncn2)cc1. The number of rotatable bonds is 4. The van der Waals surface area contributed by atoms with Crippen LogP contribution in [0.2, 0.25) is 0 Å². The van der Waals surface area contributed by atoms with E-state index in [0.717, 1.165) is 41.8 Å². The Hall–Kier alpha value is -3.22. The molecular formula is C19H19N5O2. The topological polar surface area (TPSA) is 92.7 Å². The van der Waals surface area contributed by atoms with E-state index >= 15 is 0 Å². The second-order valence-corrected chi connectivity index (χ2v) is 6.50. The molecule has 0 fully saturated rings. The van der Waals surface area contributed by atoms with Gasteiger partial charge in [0, 0.05) is 5.69 Å². The molecule has 0 saturated carbocycles. The summed E-state index contributed by atoms with van der Waals surface area (Å²) in [5, 5.41) is 6.99. The number of carbonyl (C=O) groups is 1. The number of fused-ring (bicyclic) bond motifs is 1. The Morgan fingerprint density at radius 3 is 2.81 bits per heavy atom. The first kappa shape index (κ1) is 16.3. The minimum Gasteiger partial charge on any atom is -0.345 e. The van der Waals surface area contributed by atoms with Gasteiger partial charge in [0.2, 0.25) is 0 Å². The van der Waals surface area contributed by atoms with E-state index in [0.29, 0.717) is 0 Å². The van der Waals surface area contributed by atoms with E-state index in [1.807, 2.05) is 31.2 Å². The molecule has 0 unspecified atom stereocenters. The molecule has 2 aromatic heterocycles. The van der Waals surface area contributed by atoms with Crippen LogP contribution in [0.4, 0.5) is 0 Å². The van der Waals surface area contributed by atoms with E-state index in [2.05, 4.69) is 20.4 Å². The zero-order chi connectivity index (χ0) is 18.1. The van der Waals surface area contributed by atoms with Crippen molar-refractivity contribution in [3.8, 4) is 5.69 Å². The second kappa shape index (κ2) is 6.59. The van der Waals surface area contributed by atoms with Crippen molar-refractivity contribution in [3.63, 3.8) is 0 Å². The first-order valence-electron chi connectivity index (χ1n) is 8.63. The van der Waals surface area contributed by atoms with E-state index in [-0.39, 0.29) is 23.1 Å². The number of aromatic amines is 1. The monoisotopic (exact) mass is 349 g/mol. The molecule has 1 aliphatic carbocycles. The molecule has 3 aromatic rings. The molecule has 2 heterocycles. The molecule has 1 aliphatic rings. The van der Waals surface area contributed by atoms with Crippen LogP contribution in [0.5, 0.6) is 0 Å². The smallest absolute Gasteiger partial charge is 0.261 e. The Morgan fingerprint density at radius 2 is 2.08 bits per heavy atom. The minimum atomic E-state index is -0.353. The molecule has 1 amide bonds. The number of hydrogen-bond acceptors (Lipinski definition) is 4. The zero-order valence-electron chi connectivity index (χ0n) is 14.4. The number of aromatic nitrogens is 4. The minimum absolute atomic E-state index is 0.178. The quantitative estimate of drug-likeness (QED) is 0.753. The molecule has 0 bridgehead atoms. The van der Waals surface area contributed by atoms with Crippen LogP contribution < -0.4 is 10.9 Å². The molecule has 0 spiro atoms. The van der Waals surface area contributed by atoms with Crippen LogP contribution in [0, 0.1) is 0 Å². The predicted octanol–water partition coefficient (Wildman–Crippen LogP) is 1.94. The van der Waals surface area contributed by atoms with Gasteiger partial charge in [-0.15, -0.1) is 0 Å². The average molecular weight is 349 g/mol. The van der Waals surface area contributed by atoms with Crippen LogP contribution in [0.1, 0.15) is 46.6 Å². The van der Waals surface area contributed by atoms with Crippen LogP contribution in [0.25, 0.3) is 5.69 Å². The van der Waals surface area contributed by atoms with Gasteiger partial charge in [0.1, 0.15) is 18.2 Å². The number of carbonyl (C=O) groups excluding carboxylic acids is 1. The fourth-order valence-electron chi connectivity index (χ4n) is 3.30. The largest absolute Gasteiger partial charge is 0.345 e. The molecule has 2 N–H and O–H groups in total. The first-order valence-corrected chi connectivity index (χ1v) is 8.63. The molecule has 7 heteroatoms. The van der Waals surface area contributed by atoms with Crippen LogP contribution in [0.15, 0.2) is 47.8 Å². The Balaban J connectivity index is 1.50. The number of H-pyrrole nitrogens is 1. The van der Waals surface area contributed by atoms with Crippen LogP contribution in [0.3, 0.4) is 0 Å². The van der Waals surface area contributed by atoms with Gasteiger partial charge in [-0.3, -0.25) is 9.59 Å². The van der Waals surface area contributed by atoms with E-state index in [4.69, 9.17) is 0 Å². The third kappa shape index (κ3) is 3.03. The Labute approximate surface area is 150 Å². The highest BCUT2D eigenvalue weighted by Crippen LogP contribution is 2.20. The van der Waals surface area contributed by atoms with Gasteiger partial charge in [-0.2, -0.15) is 5.10 Å². The zero-order valence-corrected chi connectivity index (χ0v) is 14.4. The third-order valence-electron chi connectivity index (χ3n) is 4.76. The van der Waals surface area contributed by atoms with Crippen LogP contribution in [-0.2, 0) is 12.8 Å². The number of benzene rings is 1. The summed E-state index contributed by atoms with van der Waals surface area (Å²) in [6.45, 7) is 1.89. The fourth-order valence-corrected chi connectivity index (χ4v) is 3.30. The maximum absolute atomic E-state index is 12.5. The number of pyridine rings is 1. The highest BCUT2D eigenvalue weighted by Gasteiger charge is 2.19. The summed E-state index contributed by atoms with van der Waals surface area (Å²) in [5.41, 5.74) is 3.72. The summed E-state index contributed by atoms with van der Waals surface area (Å²) in [7, 11) is 0. The van der Waals surface area contributed by atoms with Crippen molar-refractivity contribution in [1.82, 2.24) is 25.1 Å². The van der Waals surface area contributed by atoms with Gasteiger partial charge in [-0.1, -0.05) is 12.1 Å². The predicted molar refractivity (Wildman–Crippen MR) is 96.3 cm³/mol. The molecule has 26 heavy (non-hydrogen) atoms. The number of aryl methyl sites for hydroxylation is 2. The summed E-state index contributed by atoms with van der Waals surface area (Å²) >= 11 is 0. The van der Waals surface area contributed by atoms with Crippen LogP contribution in [-0.4, -0.2) is 25.7 Å². The molecule has 1 atom stereocenters. The Kier molecular flexibility index (Phi) is 4.12. The van der Waals surface area contributed by atoms with Crippen molar-refractivity contribution in [1.29, 1.82) is 0 Å². The highest BCUT2D eigenvalue weighted by atomic mass is 16.2. The van der Waals surface area contributed by atoms with Crippen LogP contribution >= 0.6 is 0 Å². The molecule has 1 aromatic carbocycles. The number of nitrogens with zero attached hydrogens (tertiary/aromatic N) is 3. The molecular weight excluding hydrogens is 330 g/mol. The summed E-state index contributed by atoms with van der Waals surface area (Å²) in [6, 6.07) is 9.19. The molecule has 0 saturated heterocycles. The standard InChI is InChI=1S/C19H19N5O2/c1-12(13-5-7-15(8-6-13)24-11-20-10-21-24)22-18(25)16-9-14-3-2-4-17(14)23-19(16)26/h5-12H,2-4H2,1H3,(H,22,25)(H,23,26)/t12-/m1/s1. The third-order valence-corrected chi connectivity index (χ3v) is 4.76. The van der Waals surface area contributed by atoms with Gasteiger partial charge in [0.15, 0.2) is 0 Å². The fraction of sp³-hybridized carbons (Fsp3) is 0.263. The van der Waals surface area contributed by atoms with Crippen molar-refractivity contribution < 1.29 is 4.79 Å². The van der Waals surface area contributed by atoms with Crippen molar-refractivity contribution in [3.05, 3.63) is 75.7 Å². The highest BCUT2D eigenvalue weighted by molar-refractivity contribution is 5.94. The summed E-state index contributed by atoms with van der Waals surface area (Å²) < 4.78 is 1.66. The van der Waals surface area contributed by atoms with E-state index < -0.39 is 0 Å². The Bertz CT molecular complexity index is 990. The van der Waals surface area contributed by atoms with Crippen molar-refractivity contribution in [2.45, 2.75) is 32.2 Å². The normalized spacial score (nSPS) is 14.0. The lowest BCUT2D eigenvalue weighted by Crippen LogP contribution is -2.32. The number of nitrogens with one attached hydrogen (secondary N) is 2. The molecule has 0 radical (unpaired) electrons. The number of amides is 1. The summed E-state index contributed by atoms with van der Waals surface area (Å²) in [4.78, 5) is 31.5. The molecule has 4 rings (SSSR count). The van der Waals surface area contributed by atoms with E-state index in [9.17, 15) is 9.59 Å². The van der Waals surface area contributed by atoms with E-state index in [1.165, 1.54) is 6.33 Å². The summed E-state index contributed by atoms with van der Waals surface area (Å²) in [6.07, 6.45) is 5.91. The lowest BCUT2D eigenvalue weighted by atomic mass is 10.1. The lowest BCUT2D eigenvalue weighted by Gasteiger charge is -2.15. The van der Waals surface area contributed by atoms with Crippen molar-refractivity contribution in [2.75, 3.05) is 0 Å². The lowest BCUT2D eigenvalue weighted by molar-refractivity contribution is 0.0938. The van der Waals surface area contributed by atoms with Gasteiger partial charge in [0.25, 0.3) is 11.5 Å².